The van der Waals surface area contributed by atoms with Gasteiger partial charge in [-0.2, -0.15) is 44.4 Å². The number of fused-ring (bicyclic) bond motifs is 3. The summed E-state index contributed by atoms with van der Waals surface area (Å²) < 4.78 is 178. The predicted molar refractivity (Wildman–Crippen MR) is 363 cm³/mol. The Morgan fingerprint density at radius 3 is 2.07 bits per heavy atom. The number of anilines is 2. The van der Waals surface area contributed by atoms with Crippen molar-refractivity contribution in [3.63, 3.8) is 0 Å². The second kappa shape index (κ2) is 33.7. The smallest absolute Gasteiger partial charge is 0.294 e. The van der Waals surface area contributed by atoms with Crippen LogP contribution in [0.25, 0.3) is 17.0 Å². The highest BCUT2D eigenvalue weighted by atomic mass is 35.5. The van der Waals surface area contributed by atoms with Crippen molar-refractivity contribution < 1.29 is 89.7 Å². The molecule has 0 fully saturated rings. The molecule has 2 atom stereocenters. The molecule has 8 rings (SSSR count). The molecule has 4 aromatic carbocycles. The zero-order valence-corrected chi connectivity index (χ0v) is 58.6. The molecule has 528 valence electrons. The number of unbranched alkanes of at least 4 members (excludes halogenated alkanes) is 2. The minimum absolute atomic E-state index is 0.0271. The molecule has 0 saturated carbocycles. The van der Waals surface area contributed by atoms with Gasteiger partial charge in [0.2, 0.25) is 11.6 Å². The maximum Gasteiger partial charge on any atom is 0.294 e. The van der Waals surface area contributed by atoms with Crippen LogP contribution in [-0.4, -0.2) is 185 Å². The Balaban J connectivity index is 0.796. The van der Waals surface area contributed by atoms with E-state index in [4.69, 9.17) is 45.0 Å². The number of aromatic nitrogens is 4. The molecule has 97 heavy (non-hydrogen) atoms. The number of rotatable bonds is 40. The monoisotopic (exact) mass is 1440 g/mol. The molecule has 2 aromatic heterocycles. The second-order valence-corrected chi connectivity index (χ2v) is 30.3. The lowest BCUT2D eigenvalue weighted by atomic mass is 9.75. The van der Waals surface area contributed by atoms with Gasteiger partial charge in [0.25, 0.3) is 36.1 Å². The summed E-state index contributed by atoms with van der Waals surface area (Å²) in [5.74, 6) is 1.08. The van der Waals surface area contributed by atoms with Crippen molar-refractivity contribution in [2.45, 2.75) is 112 Å². The average molecular weight is 1440 g/mol. The molecule has 0 spiro atoms. The van der Waals surface area contributed by atoms with Gasteiger partial charge in [-0.1, -0.05) is 23.7 Å². The number of hydrogen-bond acceptors (Lipinski definition) is 21. The molecule has 2 unspecified atom stereocenters. The van der Waals surface area contributed by atoms with E-state index in [-0.39, 0.29) is 70.4 Å². The fourth-order valence-electron chi connectivity index (χ4n) is 11.9. The third kappa shape index (κ3) is 21.0. The number of amides is 1. The van der Waals surface area contributed by atoms with E-state index in [0.717, 1.165) is 11.1 Å². The Labute approximate surface area is 571 Å². The van der Waals surface area contributed by atoms with E-state index in [1.54, 1.807) is 48.7 Å². The van der Waals surface area contributed by atoms with Crippen LogP contribution in [0.1, 0.15) is 95.8 Å². The fourth-order valence-corrected chi connectivity index (χ4v) is 14.1. The van der Waals surface area contributed by atoms with Crippen molar-refractivity contribution in [3.05, 3.63) is 137 Å². The lowest BCUT2D eigenvalue weighted by Crippen LogP contribution is -2.32. The van der Waals surface area contributed by atoms with Crippen LogP contribution in [-0.2, 0) is 81.6 Å². The van der Waals surface area contributed by atoms with Crippen molar-refractivity contribution >= 4 is 86.7 Å². The lowest BCUT2D eigenvalue weighted by Gasteiger charge is -2.30. The van der Waals surface area contributed by atoms with Gasteiger partial charge < -0.3 is 48.5 Å². The van der Waals surface area contributed by atoms with E-state index >= 15 is 0 Å². The number of methoxy groups -OCH3 is 1. The zero-order chi connectivity index (χ0) is 70.2. The van der Waals surface area contributed by atoms with Crippen molar-refractivity contribution in [1.82, 2.24) is 24.9 Å². The second-order valence-electron chi connectivity index (χ2n) is 24.0. The van der Waals surface area contributed by atoms with E-state index in [0.29, 0.717) is 140 Å². The summed E-state index contributed by atoms with van der Waals surface area (Å²) in [5, 5.41) is 11.2. The van der Waals surface area contributed by atoms with E-state index in [9.17, 15) is 56.7 Å². The van der Waals surface area contributed by atoms with Crippen LogP contribution in [0.15, 0.2) is 125 Å². The first-order valence-corrected chi connectivity index (χ1v) is 38.0. The van der Waals surface area contributed by atoms with Crippen LogP contribution in [0.5, 0.6) is 11.5 Å². The number of nitrogens with one attached hydrogen (secondary N) is 2. The summed E-state index contributed by atoms with van der Waals surface area (Å²) in [6, 6.07) is 23.1. The minimum Gasteiger partial charge on any atom is -0.744 e. The molecule has 0 bridgehead atoms. The molecule has 0 radical (unpaired) electrons. The molecule has 4 heterocycles. The predicted octanol–water partition coefficient (Wildman–Crippen LogP) is 8.36. The van der Waals surface area contributed by atoms with Crippen LogP contribution < -0.4 is 25.0 Å². The maximum absolute atomic E-state index is 12.9. The highest BCUT2D eigenvalue weighted by Gasteiger charge is 2.48. The van der Waals surface area contributed by atoms with Gasteiger partial charge in [0, 0.05) is 96.3 Å². The van der Waals surface area contributed by atoms with Gasteiger partial charge in [-0.15, -0.1) is 0 Å². The van der Waals surface area contributed by atoms with Crippen LogP contribution in [0.4, 0.5) is 17.2 Å². The fraction of sp³-hybridized carbons (Fsp3) is 0.462. The van der Waals surface area contributed by atoms with E-state index in [1.807, 2.05) is 65.8 Å². The van der Waals surface area contributed by atoms with Crippen molar-refractivity contribution in [2.75, 3.05) is 101 Å². The highest BCUT2D eigenvalue weighted by molar-refractivity contribution is 7.86. The first-order valence-electron chi connectivity index (χ1n) is 31.5. The minimum atomic E-state index is -4.93. The average Bonchev–Trinajstić information content (AvgIpc) is 1.57. The first kappa shape index (κ1) is 75.8. The number of carbonyl (C=O) groups is 1. The Kier molecular flexibility index (Phi) is 26.3. The maximum atomic E-state index is 12.9. The molecule has 5 N–H and O–H groups in total. The van der Waals surface area contributed by atoms with E-state index in [2.05, 4.69) is 20.7 Å². The molecule has 2 aliphatic rings. The van der Waals surface area contributed by atoms with Crippen LogP contribution in [0.3, 0.4) is 0 Å². The number of hydrogen-bond donors (Lipinski definition) is 5. The van der Waals surface area contributed by atoms with Crippen LogP contribution in [0, 0.1) is 0 Å². The number of carbonyl (C=O) groups excluding carboxylic acids is 1. The molecule has 6 aromatic rings. The number of allylic oxidation sites excluding steroid dienone is 4. The summed E-state index contributed by atoms with van der Waals surface area (Å²) >= 11 is 6.25. The van der Waals surface area contributed by atoms with Crippen molar-refractivity contribution in [2.24, 2.45) is 0 Å². The van der Waals surface area contributed by atoms with Gasteiger partial charge in [0.05, 0.1) is 84.8 Å². The number of halogens is 1. The summed E-state index contributed by atoms with van der Waals surface area (Å²) in [7, 11) is -17.0. The number of ether oxygens (including phenoxy) is 6. The van der Waals surface area contributed by atoms with Gasteiger partial charge in [-0.3, -0.25) is 18.5 Å². The van der Waals surface area contributed by atoms with Crippen molar-refractivity contribution in [3.8, 4) is 22.8 Å². The summed E-state index contributed by atoms with van der Waals surface area (Å²) in [6.07, 6.45) is 8.44. The van der Waals surface area contributed by atoms with E-state index < -0.39 is 72.6 Å². The van der Waals surface area contributed by atoms with E-state index in [1.165, 1.54) is 43.8 Å². The molecular formula is C65H83ClN8O19S4. The third-order valence-corrected chi connectivity index (χ3v) is 20.1. The summed E-state index contributed by atoms with van der Waals surface area (Å²) in [4.78, 5) is 22.9. The quantitative estimate of drug-likeness (QED) is 0.0137. The molecule has 0 saturated heterocycles. The number of benzene rings is 4. The molecule has 32 heteroatoms. The van der Waals surface area contributed by atoms with Gasteiger partial charge in [0.1, 0.15) is 46.9 Å². The standard InChI is InChI=1S/C65H83ClN8O19S4/c1-46(2)93-58-40-49(66)18-15-48(58)44-68-61-43-55(71-63-69-45-70-74(61)63)47-16-19-50(20-17-47)92-37-36-91-35-34-90-33-32-89-30-27-67-62(75)14-7-6-8-28-72-56-23-21-51(96(82,83)84)41-53(56)64(3,25-10-38-94(76,77)78)59(72)12-9-13-60-65(4,26-11-39-95(79,80)81)54-42-52(97(85,86)87)22-24-57(54)73(60)29-31-88-5/h9,12-13,15-24,40-43,45-46H,6-8,10-11,14,25-39,44H2,1-5H3,(H5-,67,68,69,70,71,75,76,77,78,79,80,81,82,83,84,85,86,87). The summed E-state index contributed by atoms with van der Waals surface area (Å²) in [6.45, 7) is 11.2. The van der Waals surface area contributed by atoms with Gasteiger partial charge in [0.15, 0.2) is 5.71 Å². The summed E-state index contributed by atoms with van der Waals surface area (Å²) in [5.41, 5.74) is 3.26. The Morgan fingerprint density at radius 1 is 0.753 bits per heavy atom. The molecule has 2 aliphatic heterocycles. The van der Waals surface area contributed by atoms with Crippen LogP contribution in [0.2, 0.25) is 5.02 Å². The number of nitrogens with zero attached hydrogens (tertiary/aromatic N) is 6. The topological polar surface area (TPSA) is 366 Å². The SMILES string of the molecule is COCCN1/C(=C\C=C\C2=[N+](CCCCCC(=O)NCCOCCOCCOCCOc3ccc(-c4cc(NCc5ccc(Cl)cc5OC(C)C)n5ncnc5n4)cc3)c3ccc(S(=O)(=O)O)cc3C2(C)CCCS(=O)(=O)O)C(C)(CCCS(=O)(=O)O)c2cc(S(=O)(=O)[O-])ccc21. The zero-order valence-electron chi connectivity index (χ0n) is 54.6. The Morgan fingerprint density at radius 2 is 1.41 bits per heavy atom. The van der Waals surface area contributed by atoms with Crippen LogP contribution >= 0.6 is 11.6 Å². The third-order valence-electron chi connectivity index (χ3n) is 16.5. The Bertz CT molecular complexity index is 4310. The molecule has 27 nitrogen and oxygen atoms in total. The molecule has 1 amide bonds. The molecule has 0 aliphatic carbocycles. The van der Waals surface area contributed by atoms with Crippen molar-refractivity contribution in [1.29, 1.82) is 0 Å². The highest BCUT2D eigenvalue weighted by Crippen LogP contribution is 2.52. The largest absolute Gasteiger partial charge is 0.744 e. The lowest BCUT2D eigenvalue weighted by molar-refractivity contribution is -0.438. The Hall–Kier alpha value is -6.98. The molecular weight excluding hydrogens is 1360 g/mol. The van der Waals surface area contributed by atoms with Gasteiger partial charge in [-0.05, 0) is 145 Å². The normalized spacial score (nSPS) is 17.1. The first-order chi connectivity index (χ1) is 46.0. The van der Waals surface area contributed by atoms with Gasteiger partial charge in [-0.25, -0.2) is 13.4 Å². The van der Waals surface area contributed by atoms with Gasteiger partial charge >= 0.3 is 0 Å².